The lowest BCUT2D eigenvalue weighted by Crippen LogP contribution is -2.21. The van der Waals surface area contributed by atoms with Crippen LogP contribution < -0.4 is 0 Å². The standard InChI is InChI=1S/C13H15BrN2S/c1-8-5-9(7-16(8)2)13-15-11-6-10(14)3-4-12(11)17-13/h3-4,6,8-9H,5,7H2,1-2H3. The molecule has 90 valence electrons. The molecule has 2 atom stereocenters. The molecule has 2 unspecified atom stereocenters. The number of rotatable bonds is 1. The average molecular weight is 311 g/mol. The Bertz CT molecular complexity index is 541. The maximum Gasteiger partial charge on any atom is 0.0982 e. The van der Waals surface area contributed by atoms with Gasteiger partial charge in [0.1, 0.15) is 0 Å². The SMILES string of the molecule is CC1CC(c2nc3cc(Br)ccc3s2)CN1C. The Balaban J connectivity index is 1.96. The number of likely N-dealkylation sites (tertiary alicyclic amines) is 1. The number of halogens is 1. The molecule has 0 radical (unpaired) electrons. The van der Waals surface area contributed by atoms with Crippen LogP contribution in [0.3, 0.4) is 0 Å². The zero-order valence-electron chi connectivity index (χ0n) is 9.98. The molecule has 0 saturated carbocycles. The van der Waals surface area contributed by atoms with E-state index in [2.05, 4.69) is 53.0 Å². The van der Waals surface area contributed by atoms with Crippen molar-refractivity contribution in [2.75, 3.05) is 13.6 Å². The Hall–Kier alpha value is -0.450. The third-order valence-corrected chi connectivity index (χ3v) is 5.29. The number of aromatic nitrogens is 1. The van der Waals surface area contributed by atoms with Crippen molar-refractivity contribution < 1.29 is 0 Å². The van der Waals surface area contributed by atoms with Gasteiger partial charge in [-0.15, -0.1) is 11.3 Å². The van der Waals surface area contributed by atoms with Crippen LogP contribution in [-0.2, 0) is 0 Å². The molecule has 4 heteroatoms. The number of benzene rings is 1. The van der Waals surface area contributed by atoms with Gasteiger partial charge in [-0.05, 0) is 38.6 Å². The van der Waals surface area contributed by atoms with Crippen molar-refractivity contribution in [1.82, 2.24) is 9.88 Å². The van der Waals surface area contributed by atoms with Gasteiger partial charge in [0, 0.05) is 23.0 Å². The number of hydrogen-bond donors (Lipinski definition) is 0. The molecule has 2 heterocycles. The van der Waals surface area contributed by atoms with E-state index in [0.717, 1.165) is 16.5 Å². The maximum atomic E-state index is 4.79. The van der Waals surface area contributed by atoms with Crippen LogP contribution in [-0.4, -0.2) is 29.5 Å². The van der Waals surface area contributed by atoms with E-state index in [-0.39, 0.29) is 0 Å². The number of hydrogen-bond acceptors (Lipinski definition) is 3. The summed E-state index contributed by atoms with van der Waals surface area (Å²) in [5, 5.41) is 1.30. The van der Waals surface area contributed by atoms with Crippen molar-refractivity contribution in [1.29, 1.82) is 0 Å². The zero-order valence-corrected chi connectivity index (χ0v) is 12.4. The van der Waals surface area contributed by atoms with Crippen molar-refractivity contribution in [3.63, 3.8) is 0 Å². The lowest BCUT2D eigenvalue weighted by Gasteiger charge is -2.12. The zero-order chi connectivity index (χ0) is 12.0. The van der Waals surface area contributed by atoms with E-state index in [9.17, 15) is 0 Å². The summed E-state index contributed by atoms with van der Waals surface area (Å²) in [5.41, 5.74) is 1.13. The summed E-state index contributed by atoms with van der Waals surface area (Å²) in [6, 6.07) is 7.03. The van der Waals surface area contributed by atoms with Crippen LogP contribution in [0.25, 0.3) is 10.2 Å². The van der Waals surface area contributed by atoms with Crippen LogP contribution in [0.4, 0.5) is 0 Å². The van der Waals surface area contributed by atoms with Crippen molar-refractivity contribution in [2.24, 2.45) is 0 Å². The first kappa shape index (κ1) is 11.6. The van der Waals surface area contributed by atoms with Crippen LogP contribution in [0.15, 0.2) is 22.7 Å². The van der Waals surface area contributed by atoms with E-state index >= 15 is 0 Å². The summed E-state index contributed by atoms with van der Waals surface area (Å²) < 4.78 is 2.41. The normalized spacial score (nSPS) is 25.8. The van der Waals surface area contributed by atoms with Crippen molar-refractivity contribution >= 4 is 37.5 Å². The molecule has 1 saturated heterocycles. The van der Waals surface area contributed by atoms with Gasteiger partial charge in [-0.25, -0.2) is 4.98 Å². The number of thiazole rings is 1. The van der Waals surface area contributed by atoms with Gasteiger partial charge in [0.05, 0.1) is 15.2 Å². The fourth-order valence-electron chi connectivity index (χ4n) is 2.47. The molecule has 2 aromatic rings. The number of fused-ring (bicyclic) bond motifs is 1. The highest BCUT2D eigenvalue weighted by molar-refractivity contribution is 9.10. The van der Waals surface area contributed by atoms with E-state index in [1.54, 1.807) is 0 Å². The highest BCUT2D eigenvalue weighted by atomic mass is 79.9. The maximum absolute atomic E-state index is 4.79. The molecule has 0 aliphatic carbocycles. The predicted octanol–water partition coefficient (Wildman–Crippen LogP) is 3.87. The predicted molar refractivity (Wildman–Crippen MR) is 76.8 cm³/mol. The summed E-state index contributed by atoms with van der Waals surface area (Å²) in [6.07, 6.45) is 1.23. The highest BCUT2D eigenvalue weighted by Gasteiger charge is 2.29. The van der Waals surface area contributed by atoms with E-state index in [0.29, 0.717) is 12.0 Å². The molecule has 2 nitrogen and oxygen atoms in total. The first-order chi connectivity index (χ1) is 8.13. The quantitative estimate of drug-likeness (QED) is 0.795. The largest absolute Gasteiger partial charge is 0.303 e. The van der Waals surface area contributed by atoms with E-state index in [1.807, 2.05) is 11.3 Å². The van der Waals surface area contributed by atoms with Crippen LogP contribution in [0, 0.1) is 0 Å². The van der Waals surface area contributed by atoms with Crippen LogP contribution >= 0.6 is 27.3 Å². The first-order valence-corrected chi connectivity index (χ1v) is 7.50. The summed E-state index contributed by atoms with van der Waals surface area (Å²) in [7, 11) is 2.20. The second kappa shape index (κ2) is 4.34. The summed E-state index contributed by atoms with van der Waals surface area (Å²) in [6.45, 7) is 3.44. The topological polar surface area (TPSA) is 16.1 Å². The third kappa shape index (κ3) is 2.14. The second-order valence-electron chi connectivity index (χ2n) is 4.89. The van der Waals surface area contributed by atoms with Crippen molar-refractivity contribution in [2.45, 2.75) is 25.3 Å². The molecule has 0 spiro atoms. The molecular formula is C13H15BrN2S. The minimum absolute atomic E-state index is 0.617. The van der Waals surface area contributed by atoms with Gasteiger partial charge in [0.15, 0.2) is 0 Å². The fourth-order valence-corrected chi connectivity index (χ4v) is 3.87. The van der Waals surface area contributed by atoms with Crippen LogP contribution in [0.2, 0.25) is 0 Å². The molecule has 0 N–H and O–H groups in total. The van der Waals surface area contributed by atoms with Crippen LogP contribution in [0.1, 0.15) is 24.3 Å². The summed E-state index contributed by atoms with van der Waals surface area (Å²) in [4.78, 5) is 7.21. The summed E-state index contributed by atoms with van der Waals surface area (Å²) in [5.74, 6) is 0.617. The average Bonchev–Trinajstić information content (AvgIpc) is 2.83. The minimum atomic E-state index is 0.617. The smallest absolute Gasteiger partial charge is 0.0982 e. The monoisotopic (exact) mass is 310 g/mol. The van der Waals surface area contributed by atoms with Gasteiger partial charge in [-0.1, -0.05) is 15.9 Å². The Labute approximate surface area is 114 Å². The van der Waals surface area contributed by atoms with E-state index in [4.69, 9.17) is 4.98 Å². The van der Waals surface area contributed by atoms with Gasteiger partial charge in [0.25, 0.3) is 0 Å². The Morgan fingerprint density at radius 1 is 1.47 bits per heavy atom. The summed E-state index contributed by atoms with van der Waals surface area (Å²) >= 11 is 5.35. The number of likely N-dealkylation sites (N-methyl/N-ethyl adjacent to an activating group) is 1. The molecule has 0 bridgehead atoms. The third-order valence-electron chi connectivity index (χ3n) is 3.60. The molecule has 1 aliphatic heterocycles. The molecule has 1 aromatic heterocycles. The number of nitrogens with zero attached hydrogens (tertiary/aromatic N) is 2. The Morgan fingerprint density at radius 3 is 3.00 bits per heavy atom. The second-order valence-corrected chi connectivity index (χ2v) is 6.86. The van der Waals surface area contributed by atoms with Gasteiger partial charge in [-0.2, -0.15) is 0 Å². The molecule has 1 aliphatic rings. The molecule has 17 heavy (non-hydrogen) atoms. The Kier molecular flexibility index (Phi) is 2.97. The van der Waals surface area contributed by atoms with Gasteiger partial charge < -0.3 is 4.90 Å². The lowest BCUT2D eigenvalue weighted by atomic mass is 10.1. The molecule has 1 aromatic carbocycles. The minimum Gasteiger partial charge on any atom is -0.303 e. The molecular weight excluding hydrogens is 296 g/mol. The van der Waals surface area contributed by atoms with Gasteiger partial charge >= 0.3 is 0 Å². The van der Waals surface area contributed by atoms with E-state index in [1.165, 1.54) is 16.1 Å². The fraction of sp³-hybridized carbons (Fsp3) is 0.462. The van der Waals surface area contributed by atoms with Gasteiger partial charge in [0.2, 0.25) is 0 Å². The first-order valence-electron chi connectivity index (χ1n) is 5.89. The Morgan fingerprint density at radius 2 is 2.29 bits per heavy atom. The lowest BCUT2D eigenvalue weighted by molar-refractivity contribution is 0.329. The van der Waals surface area contributed by atoms with Crippen molar-refractivity contribution in [3.8, 4) is 0 Å². The molecule has 1 fully saturated rings. The van der Waals surface area contributed by atoms with Gasteiger partial charge in [-0.3, -0.25) is 0 Å². The van der Waals surface area contributed by atoms with E-state index < -0.39 is 0 Å². The van der Waals surface area contributed by atoms with Crippen molar-refractivity contribution in [3.05, 3.63) is 27.7 Å². The molecule has 3 rings (SSSR count). The molecule has 0 amide bonds. The highest BCUT2D eigenvalue weighted by Crippen LogP contribution is 2.35. The van der Waals surface area contributed by atoms with Crippen LogP contribution in [0.5, 0.6) is 0 Å².